The molecule has 0 aliphatic carbocycles. The molecule has 0 spiro atoms. The third-order valence-corrected chi connectivity index (χ3v) is 6.76. The highest BCUT2D eigenvalue weighted by atomic mass is 16.7. The first-order chi connectivity index (χ1) is 18.1. The zero-order valence-electron chi connectivity index (χ0n) is 26.6. The van der Waals surface area contributed by atoms with E-state index in [0.717, 1.165) is 0 Å². The monoisotopic (exact) mass is 569 g/mol. The summed E-state index contributed by atoms with van der Waals surface area (Å²) in [5.41, 5.74) is -2.40. The molecule has 1 fully saturated rings. The zero-order chi connectivity index (χ0) is 31.1. The van der Waals surface area contributed by atoms with Gasteiger partial charge in [0.05, 0.1) is 11.2 Å². The minimum absolute atomic E-state index is 0.0683. The van der Waals surface area contributed by atoms with Crippen molar-refractivity contribution in [2.24, 2.45) is 5.92 Å². The first kappa shape index (κ1) is 35.7. The molecule has 230 valence electrons. The number of ether oxygens (including phenoxy) is 2. The average Bonchev–Trinajstić information content (AvgIpc) is 2.95. The van der Waals surface area contributed by atoms with Crippen LogP contribution in [0.4, 0.5) is 4.79 Å². The minimum atomic E-state index is -0.991. The SMILES string of the molecule is CC[C@H](NC(=O)OC(C)(C)C)C(=O)NC[C@@H](CCCB1OC(C)(C)C(C)(C)O1)[C@H](NC(C)=O)C(=O)OC(C)(C)C. The van der Waals surface area contributed by atoms with E-state index in [1.165, 1.54) is 6.92 Å². The smallest absolute Gasteiger partial charge is 0.457 e. The van der Waals surface area contributed by atoms with Crippen LogP contribution in [-0.2, 0) is 33.2 Å². The fraction of sp³-hybridized carbons (Fsp3) is 0.857. The van der Waals surface area contributed by atoms with Gasteiger partial charge in [0.25, 0.3) is 0 Å². The number of alkyl carbamates (subject to hydrolysis) is 1. The van der Waals surface area contributed by atoms with Crippen LogP contribution in [0, 0.1) is 5.92 Å². The largest absolute Gasteiger partial charge is 0.458 e. The van der Waals surface area contributed by atoms with Crippen molar-refractivity contribution in [3.8, 4) is 0 Å². The Balaban J connectivity index is 3.03. The molecule has 1 heterocycles. The van der Waals surface area contributed by atoms with Crippen LogP contribution in [0.15, 0.2) is 0 Å². The predicted molar refractivity (Wildman–Crippen MR) is 154 cm³/mol. The lowest BCUT2D eigenvalue weighted by Gasteiger charge is -2.32. The van der Waals surface area contributed by atoms with E-state index >= 15 is 0 Å². The average molecular weight is 570 g/mol. The van der Waals surface area contributed by atoms with Crippen LogP contribution in [0.25, 0.3) is 0 Å². The Kier molecular flexibility index (Phi) is 12.5. The van der Waals surface area contributed by atoms with Crippen molar-refractivity contribution in [1.29, 1.82) is 0 Å². The maximum Gasteiger partial charge on any atom is 0.457 e. The highest BCUT2D eigenvalue weighted by Crippen LogP contribution is 2.38. The van der Waals surface area contributed by atoms with Gasteiger partial charge in [-0.15, -0.1) is 0 Å². The van der Waals surface area contributed by atoms with E-state index in [2.05, 4.69) is 16.0 Å². The Morgan fingerprint density at radius 3 is 1.85 bits per heavy atom. The van der Waals surface area contributed by atoms with E-state index in [-0.39, 0.29) is 6.54 Å². The summed E-state index contributed by atoms with van der Waals surface area (Å²) in [6.07, 6.45) is 1.27. The number of esters is 1. The second-order valence-electron chi connectivity index (χ2n) is 13.4. The molecular weight excluding hydrogens is 517 g/mol. The lowest BCUT2D eigenvalue weighted by atomic mass is 9.80. The minimum Gasteiger partial charge on any atom is -0.458 e. The van der Waals surface area contributed by atoms with Crippen LogP contribution in [0.2, 0.25) is 6.32 Å². The highest BCUT2D eigenvalue weighted by molar-refractivity contribution is 6.45. The Bertz CT molecular complexity index is 879. The van der Waals surface area contributed by atoms with Gasteiger partial charge in [-0.2, -0.15) is 0 Å². The number of rotatable bonds is 12. The molecule has 0 saturated carbocycles. The molecule has 1 aliphatic heterocycles. The number of hydrogen-bond donors (Lipinski definition) is 3. The van der Waals surface area contributed by atoms with Crippen LogP contribution in [-0.4, -0.2) is 72.0 Å². The van der Waals surface area contributed by atoms with Crippen LogP contribution >= 0.6 is 0 Å². The van der Waals surface area contributed by atoms with E-state index in [1.54, 1.807) is 48.5 Å². The summed E-state index contributed by atoms with van der Waals surface area (Å²) in [4.78, 5) is 50.5. The Hall–Kier alpha value is -2.34. The molecule has 3 atom stereocenters. The van der Waals surface area contributed by atoms with Gasteiger partial charge >= 0.3 is 19.2 Å². The van der Waals surface area contributed by atoms with Crippen molar-refractivity contribution in [2.75, 3.05) is 6.54 Å². The van der Waals surface area contributed by atoms with E-state index in [4.69, 9.17) is 18.8 Å². The van der Waals surface area contributed by atoms with Gasteiger partial charge in [0.1, 0.15) is 23.3 Å². The van der Waals surface area contributed by atoms with E-state index < -0.39 is 71.4 Å². The van der Waals surface area contributed by atoms with E-state index in [9.17, 15) is 19.2 Å². The molecule has 12 heteroatoms. The summed E-state index contributed by atoms with van der Waals surface area (Å²) in [5, 5.41) is 8.15. The summed E-state index contributed by atoms with van der Waals surface area (Å²) in [6, 6.07) is -1.82. The number of amides is 3. The lowest BCUT2D eigenvalue weighted by molar-refractivity contribution is -0.160. The number of carbonyl (C=O) groups is 4. The van der Waals surface area contributed by atoms with Gasteiger partial charge in [0.15, 0.2) is 0 Å². The van der Waals surface area contributed by atoms with Gasteiger partial charge in [-0.3, -0.25) is 9.59 Å². The number of nitrogens with one attached hydrogen (secondary N) is 3. The third kappa shape index (κ3) is 12.0. The molecule has 11 nitrogen and oxygen atoms in total. The molecule has 3 N–H and O–H groups in total. The Morgan fingerprint density at radius 1 is 0.875 bits per heavy atom. The standard InChI is InChI=1S/C28H52BN3O8/c1-13-20(32-24(36)38-26(6,7)8)22(34)30-17-19(21(31-18(2)33)23(35)37-25(3,4)5)15-14-16-29-39-27(9,10)28(11,12)40-29/h19-21H,13-17H2,1-12H3,(H,30,34)(H,31,33)(H,32,36)/t19-,20+,21+/m1/s1. The van der Waals surface area contributed by atoms with Gasteiger partial charge in [-0.25, -0.2) is 9.59 Å². The fourth-order valence-electron chi connectivity index (χ4n) is 4.13. The molecule has 1 rings (SSSR count). The van der Waals surface area contributed by atoms with Gasteiger partial charge in [-0.05, 0) is 88.4 Å². The Labute approximate surface area is 240 Å². The maximum atomic E-state index is 13.2. The molecule has 3 amide bonds. The molecule has 0 bridgehead atoms. The first-order valence-corrected chi connectivity index (χ1v) is 14.2. The summed E-state index contributed by atoms with van der Waals surface area (Å²) >= 11 is 0. The van der Waals surface area contributed by atoms with Gasteiger partial charge in [0, 0.05) is 19.4 Å². The highest BCUT2D eigenvalue weighted by Gasteiger charge is 2.50. The molecule has 1 saturated heterocycles. The molecule has 1 aliphatic rings. The molecule has 0 aromatic carbocycles. The van der Waals surface area contributed by atoms with Crippen molar-refractivity contribution in [2.45, 2.75) is 143 Å². The maximum absolute atomic E-state index is 13.2. The second-order valence-corrected chi connectivity index (χ2v) is 13.4. The molecule has 0 aromatic rings. The summed E-state index contributed by atoms with van der Waals surface area (Å²) in [7, 11) is -0.413. The normalized spacial score (nSPS) is 18.8. The molecule has 0 unspecified atom stereocenters. The Morgan fingerprint density at radius 2 is 1.40 bits per heavy atom. The fourth-order valence-corrected chi connectivity index (χ4v) is 4.13. The van der Waals surface area contributed by atoms with Crippen molar-refractivity contribution in [1.82, 2.24) is 16.0 Å². The quantitative estimate of drug-likeness (QED) is 0.239. The van der Waals surface area contributed by atoms with Crippen molar-refractivity contribution in [3.05, 3.63) is 0 Å². The van der Waals surface area contributed by atoms with E-state index in [0.29, 0.717) is 25.6 Å². The molecule has 40 heavy (non-hydrogen) atoms. The molecular formula is C28H52BN3O8. The van der Waals surface area contributed by atoms with Gasteiger partial charge in [0.2, 0.25) is 11.8 Å². The van der Waals surface area contributed by atoms with Gasteiger partial charge in [-0.1, -0.05) is 13.3 Å². The van der Waals surface area contributed by atoms with Crippen LogP contribution in [0.3, 0.4) is 0 Å². The van der Waals surface area contributed by atoms with Gasteiger partial charge < -0.3 is 34.7 Å². The third-order valence-electron chi connectivity index (χ3n) is 6.76. The topological polar surface area (TPSA) is 141 Å². The number of carbonyl (C=O) groups excluding carboxylic acids is 4. The summed E-state index contributed by atoms with van der Waals surface area (Å²) in [6.45, 7) is 21.6. The summed E-state index contributed by atoms with van der Waals surface area (Å²) < 4.78 is 23.1. The van der Waals surface area contributed by atoms with Crippen LogP contribution < -0.4 is 16.0 Å². The van der Waals surface area contributed by atoms with Crippen LogP contribution in [0.5, 0.6) is 0 Å². The van der Waals surface area contributed by atoms with Crippen molar-refractivity contribution in [3.63, 3.8) is 0 Å². The lowest BCUT2D eigenvalue weighted by Crippen LogP contribution is -2.53. The van der Waals surface area contributed by atoms with Crippen LogP contribution in [0.1, 0.15) is 102 Å². The van der Waals surface area contributed by atoms with Crippen molar-refractivity contribution < 1.29 is 38.0 Å². The van der Waals surface area contributed by atoms with E-state index in [1.807, 2.05) is 27.7 Å². The number of hydrogen-bond acceptors (Lipinski definition) is 8. The molecule has 0 aromatic heterocycles. The molecule has 0 radical (unpaired) electrons. The summed E-state index contributed by atoms with van der Waals surface area (Å²) in [5.74, 6) is -1.90. The predicted octanol–water partition coefficient (Wildman–Crippen LogP) is 3.74. The second kappa shape index (κ2) is 14.0. The van der Waals surface area contributed by atoms with Crippen molar-refractivity contribution >= 4 is 31.0 Å². The first-order valence-electron chi connectivity index (χ1n) is 14.2. The zero-order valence-corrected chi connectivity index (χ0v) is 26.6.